The predicted octanol–water partition coefficient (Wildman–Crippen LogP) is 2.17. The number of nitrogens with zero attached hydrogens (tertiary/aromatic N) is 4. The van der Waals surface area contributed by atoms with E-state index in [-0.39, 0.29) is 28.7 Å². The van der Waals surface area contributed by atoms with Gasteiger partial charge in [0.25, 0.3) is 0 Å². The van der Waals surface area contributed by atoms with Crippen LogP contribution in [-0.2, 0) is 20.2 Å². The van der Waals surface area contributed by atoms with E-state index in [4.69, 9.17) is 4.98 Å². The van der Waals surface area contributed by atoms with E-state index >= 15 is 0 Å². The fourth-order valence-electron chi connectivity index (χ4n) is 5.53. The maximum absolute atomic E-state index is 13.2. The Kier molecular flexibility index (Phi) is 4.19. The maximum atomic E-state index is 13.2. The van der Waals surface area contributed by atoms with E-state index < -0.39 is 10.0 Å². The van der Waals surface area contributed by atoms with Crippen LogP contribution in [0.25, 0.3) is 0 Å². The highest BCUT2D eigenvalue weighted by Gasteiger charge is 2.61. The molecule has 5 aliphatic rings. The van der Waals surface area contributed by atoms with Gasteiger partial charge in [0, 0.05) is 36.9 Å². The average Bonchev–Trinajstić information content (AvgIpc) is 3.66. The summed E-state index contributed by atoms with van der Waals surface area (Å²) in [5.74, 6) is 1.61. The van der Waals surface area contributed by atoms with Crippen LogP contribution in [-0.4, -0.2) is 59.0 Å². The van der Waals surface area contributed by atoms with Crippen LogP contribution in [0.15, 0.2) is 6.20 Å². The van der Waals surface area contributed by atoms with E-state index in [1.54, 1.807) is 4.31 Å². The van der Waals surface area contributed by atoms with Crippen LogP contribution in [0, 0.1) is 0 Å². The number of amides is 1. The number of rotatable bonds is 5. The van der Waals surface area contributed by atoms with Gasteiger partial charge in [-0.3, -0.25) is 9.69 Å². The second kappa shape index (κ2) is 6.63. The summed E-state index contributed by atoms with van der Waals surface area (Å²) in [6.45, 7) is 1.11. The third-order valence-corrected chi connectivity index (χ3v) is 10.1. The van der Waals surface area contributed by atoms with Gasteiger partial charge in [0.15, 0.2) is 0 Å². The number of hydrogen-bond donors (Lipinski definition) is 1. The zero-order valence-corrected chi connectivity index (χ0v) is 18.0. The number of aromatic nitrogens is 2. The highest BCUT2D eigenvalue weighted by molar-refractivity contribution is 7.90. The quantitative estimate of drug-likeness (QED) is 0.768. The summed E-state index contributed by atoms with van der Waals surface area (Å²) in [5.41, 5.74) is 0.661. The van der Waals surface area contributed by atoms with E-state index in [0.717, 1.165) is 62.7 Å². The number of sulfonamides is 1. The Morgan fingerprint density at radius 2 is 1.73 bits per heavy atom. The summed E-state index contributed by atoms with van der Waals surface area (Å²) >= 11 is 0. The minimum absolute atomic E-state index is 0.143. The first-order valence-corrected chi connectivity index (χ1v) is 13.0. The summed E-state index contributed by atoms with van der Waals surface area (Å²) in [6, 6.07) is 0.426. The van der Waals surface area contributed by atoms with Crippen LogP contribution in [0.2, 0.25) is 0 Å². The first-order chi connectivity index (χ1) is 14.5. The lowest BCUT2D eigenvalue weighted by atomic mass is 10.0. The number of anilines is 2. The summed E-state index contributed by atoms with van der Waals surface area (Å²) in [4.78, 5) is 24.5. The fraction of sp³-hybridized carbons (Fsp3) is 0.762. The van der Waals surface area contributed by atoms with Crippen LogP contribution < -0.4 is 10.2 Å². The molecule has 9 heteroatoms. The Morgan fingerprint density at radius 1 is 1.03 bits per heavy atom. The van der Waals surface area contributed by atoms with E-state index in [0.29, 0.717) is 19.0 Å². The van der Waals surface area contributed by atoms with Gasteiger partial charge in [-0.1, -0.05) is 12.8 Å². The number of piperidine rings is 1. The maximum Gasteiger partial charge on any atom is 0.239 e. The van der Waals surface area contributed by atoms with Crippen molar-refractivity contribution in [3.63, 3.8) is 0 Å². The van der Waals surface area contributed by atoms with E-state index in [1.165, 1.54) is 12.8 Å². The largest absolute Gasteiger partial charge is 0.351 e. The minimum Gasteiger partial charge on any atom is -0.351 e. The molecule has 1 aromatic heterocycles. The first-order valence-electron chi connectivity index (χ1n) is 11.5. The van der Waals surface area contributed by atoms with Crippen molar-refractivity contribution in [1.29, 1.82) is 0 Å². The summed E-state index contributed by atoms with van der Waals surface area (Å²) < 4.78 is 26.5. The van der Waals surface area contributed by atoms with Gasteiger partial charge in [0.05, 0.1) is 10.7 Å². The minimum atomic E-state index is -3.09. The molecule has 2 aliphatic heterocycles. The van der Waals surface area contributed by atoms with Crippen molar-refractivity contribution in [3.05, 3.63) is 11.8 Å². The highest BCUT2D eigenvalue weighted by Crippen LogP contribution is 2.57. The summed E-state index contributed by atoms with van der Waals surface area (Å²) in [7, 11) is -3.09. The molecule has 0 unspecified atom stereocenters. The molecular formula is C21H29N5O3S. The first kappa shape index (κ1) is 19.0. The Bertz CT molecular complexity index is 974. The molecule has 1 saturated heterocycles. The Balaban J connectivity index is 1.18. The van der Waals surface area contributed by atoms with E-state index in [9.17, 15) is 13.2 Å². The molecule has 1 amide bonds. The van der Waals surface area contributed by atoms with Crippen LogP contribution in [0.4, 0.5) is 11.8 Å². The van der Waals surface area contributed by atoms with Crippen molar-refractivity contribution >= 4 is 27.7 Å². The van der Waals surface area contributed by atoms with Crippen LogP contribution in [0.3, 0.4) is 0 Å². The molecule has 3 aliphatic carbocycles. The van der Waals surface area contributed by atoms with Crippen molar-refractivity contribution in [2.45, 2.75) is 87.0 Å². The Labute approximate surface area is 177 Å². The van der Waals surface area contributed by atoms with Crippen LogP contribution in [0.1, 0.15) is 69.8 Å². The molecule has 6 rings (SSSR count). The van der Waals surface area contributed by atoms with Crippen LogP contribution >= 0.6 is 0 Å². The Morgan fingerprint density at radius 3 is 2.37 bits per heavy atom. The summed E-state index contributed by atoms with van der Waals surface area (Å²) in [5, 5.41) is 3.28. The van der Waals surface area contributed by atoms with Crippen molar-refractivity contribution in [2.75, 3.05) is 23.3 Å². The van der Waals surface area contributed by atoms with E-state index in [1.807, 2.05) is 11.1 Å². The standard InChI is InChI=1S/C21H29N5O3S/c27-19-21(9-10-21)17-13-22-20(24-18(17)26(19)15-3-1-2-4-15)23-14-7-11-25(12-8-14)30(28,29)16-5-6-16/h13-16H,1-12H2,(H,22,23,24). The van der Waals surface area contributed by atoms with Gasteiger partial charge >= 0.3 is 0 Å². The topological polar surface area (TPSA) is 95.5 Å². The molecule has 0 bridgehead atoms. The van der Waals surface area contributed by atoms with Gasteiger partial charge < -0.3 is 5.32 Å². The van der Waals surface area contributed by atoms with Crippen molar-refractivity contribution in [1.82, 2.24) is 14.3 Å². The lowest BCUT2D eigenvalue weighted by molar-refractivity contribution is -0.120. The van der Waals surface area contributed by atoms with Gasteiger partial charge in [-0.15, -0.1) is 0 Å². The molecule has 3 saturated carbocycles. The molecule has 1 aromatic rings. The number of carbonyl (C=O) groups is 1. The number of carbonyl (C=O) groups excluding carboxylic acids is 1. The van der Waals surface area contributed by atoms with Gasteiger partial charge in [-0.25, -0.2) is 17.7 Å². The zero-order valence-electron chi connectivity index (χ0n) is 17.2. The molecule has 3 heterocycles. The fourth-order valence-corrected chi connectivity index (χ4v) is 7.40. The van der Waals surface area contributed by atoms with Gasteiger partial charge in [-0.2, -0.15) is 4.98 Å². The molecule has 0 atom stereocenters. The molecular weight excluding hydrogens is 402 g/mol. The molecule has 0 radical (unpaired) electrons. The molecule has 1 N–H and O–H groups in total. The SMILES string of the molecule is O=C1N(C2CCCC2)c2nc(NC3CCN(S(=O)(=O)C4CC4)CC3)ncc2C12CC2. The zero-order chi connectivity index (χ0) is 20.5. The molecule has 4 fully saturated rings. The monoisotopic (exact) mass is 431 g/mol. The number of hydrogen-bond acceptors (Lipinski definition) is 6. The van der Waals surface area contributed by atoms with Gasteiger partial charge in [-0.05, 0) is 51.4 Å². The molecule has 1 spiro atoms. The van der Waals surface area contributed by atoms with E-state index in [2.05, 4.69) is 10.3 Å². The van der Waals surface area contributed by atoms with Gasteiger partial charge in [0.1, 0.15) is 5.82 Å². The van der Waals surface area contributed by atoms with Gasteiger partial charge in [0.2, 0.25) is 21.9 Å². The normalized spacial score (nSPS) is 27.1. The highest BCUT2D eigenvalue weighted by atomic mass is 32.2. The smallest absolute Gasteiger partial charge is 0.239 e. The molecule has 162 valence electrons. The lowest BCUT2D eigenvalue weighted by Crippen LogP contribution is -2.43. The molecule has 0 aromatic carbocycles. The third-order valence-electron chi connectivity index (χ3n) is 7.67. The average molecular weight is 432 g/mol. The Hall–Kier alpha value is -1.74. The number of nitrogens with one attached hydrogen (secondary N) is 1. The number of fused-ring (bicyclic) bond motifs is 2. The second-order valence-corrected chi connectivity index (χ2v) is 11.9. The van der Waals surface area contributed by atoms with Crippen molar-refractivity contribution in [2.24, 2.45) is 0 Å². The van der Waals surface area contributed by atoms with Crippen LogP contribution in [0.5, 0.6) is 0 Å². The summed E-state index contributed by atoms with van der Waals surface area (Å²) in [6.07, 6.45) is 11.3. The second-order valence-electron chi connectivity index (χ2n) is 9.69. The van der Waals surface area contributed by atoms with Crippen molar-refractivity contribution < 1.29 is 13.2 Å². The molecule has 30 heavy (non-hydrogen) atoms. The van der Waals surface area contributed by atoms with Crippen molar-refractivity contribution in [3.8, 4) is 0 Å². The molecule has 8 nitrogen and oxygen atoms in total. The predicted molar refractivity (Wildman–Crippen MR) is 113 cm³/mol. The lowest BCUT2D eigenvalue weighted by Gasteiger charge is -2.31. The third kappa shape index (κ3) is 2.88.